The molecule has 0 spiro atoms. The van der Waals surface area contributed by atoms with E-state index in [4.69, 9.17) is 9.31 Å². The number of rotatable bonds is 16. The molecule has 3 aromatic rings. The van der Waals surface area contributed by atoms with E-state index in [9.17, 15) is 0 Å². The van der Waals surface area contributed by atoms with Crippen molar-refractivity contribution in [2.75, 3.05) is 0 Å². The van der Waals surface area contributed by atoms with Crippen molar-refractivity contribution in [3.05, 3.63) is 42.5 Å². The third kappa shape index (κ3) is 6.86. The minimum Gasteiger partial charge on any atom is -0.399 e. The molecule has 3 nitrogen and oxygen atoms in total. The van der Waals surface area contributed by atoms with Gasteiger partial charge in [-0.3, -0.25) is 0 Å². The van der Waals surface area contributed by atoms with Crippen LogP contribution in [0.2, 0.25) is 0 Å². The second kappa shape index (κ2) is 13.5. The molecule has 1 aromatic heterocycles. The van der Waals surface area contributed by atoms with E-state index in [2.05, 4.69) is 81.7 Å². The molecule has 0 saturated carbocycles. The van der Waals surface area contributed by atoms with Gasteiger partial charge in [0.15, 0.2) is 0 Å². The third-order valence-corrected chi connectivity index (χ3v) is 9.06. The van der Waals surface area contributed by atoms with Gasteiger partial charge >= 0.3 is 7.12 Å². The van der Waals surface area contributed by atoms with Crippen LogP contribution in [0.3, 0.4) is 0 Å². The highest BCUT2D eigenvalue weighted by atomic mass is 16.7. The minimum absolute atomic E-state index is 0.342. The number of benzene rings is 2. The summed E-state index contributed by atoms with van der Waals surface area (Å²) in [4.78, 5) is 0. The van der Waals surface area contributed by atoms with Gasteiger partial charge in [-0.1, -0.05) is 127 Å². The summed E-state index contributed by atoms with van der Waals surface area (Å²) < 4.78 is 15.5. The molecular formula is C34H52BNO2. The molecule has 0 atom stereocenters. The van der Waals surface area contributed by atoms with E-state index in [-0.39, 0.29) is 18.3 Å². The van der Waals surface area contributed by atoms with Crippen molar-refractivity contribution in [3.63, 3.8) is 0 Å². The normalized spacial score (nSPS) is 16.7. The van der Waals surface area contributed by atoms with Crippen molar-refractivity contribution in [2.45, 2.75) is 142 Å². The molecule has 4 heteroatoms. The molecule has 4 rings (SSSR count). The van der Waals surface area contributed by atoms with Gasteiger partial charge in [0, 0.05) is 33.8 Å². The van der Waals surface area contributed by atoms with Gasteiger partial charge < -0.3 is 13.9 Å². The number of hydrogen-bond acceptors (Lipinski definition) is 2. The summed E-state index contributed by atoms with van der Waals surface area (Å²) in [5.74, 6) is 0. The average molecular weight is 518 g/mol. The van der Waals surface area contributed by atoms with Crippen LogP contribution >= 0.6 is 0 Å². The maximum absolute atomic E-state index is 6.50. The summed E-state index contributed by atoms with van der Waals surface area (Å²) >= 11 is 0. The zero-order chi connectivity index (χ0) is 27.0. The molecule has 0 unspecified atom stereocenters. The zero-order valence-electron chi connectivity index (χ0n) is 25.0. The van der Waals surface area contributed by atoms with Crippen LogP contribution in [0.1, 0.15) is 125 Å². The summed E-state index contributed by atoms with van der Waals surface area (Å²) in [5.41, 5.74) is 3.07. The number of unbranched alkanes of at least 4 members (excludes halogenated alkanes) is 13. The number of fused-ring (bicyclic) bond motifs is 3. The Balaban J connectivity index is 1.31. The lowest BCUT2D eigenvalue weighted by atomic mass is 9.77. The quantitative estimate of drug-likeness (QED) is 0.139. The molecule has 38 heavy (non-hydrogen) atoms. The fourth-order valence-electron chi connectivity index (χ4n) is 5.99. The van der Waals surface area contributed by atoms with E-state index >= 15 is 0 Å². The highest BCUT2D eigenvalue weighted by Gasteiger charge is 2.52. The standard InChI is InChI=1S/C34H52BNO2/c1-6-7-8-9-10-11-12-13-14-15-16-17-18-21-27-36-31-26-20-19-23-28(31)29-24-22-25-30(32(29)36)35-37-33(2,3)34(4,5)38-35/h19-20,22-26H,6-18,21,27H2,1-5H3. The van der Waals surface area contributed by atoms with E-state index in [0.717, 1.165) is 12.0 Å². The smallest absolute Gasteiger partial charge is 0.399 e. The number of nitrogens with zero attached hydrogens (tertiary/aromatic N) is 1. The maximum Gasteiger partial charge on any atom is 0.497 e. The predicted octanol–water partition coefficient (Wildman–Crippen LogP) is 9.58. The first kappa shape index (κ1) is 29.2. The summed E-state index contributed by atoms with van der Waals surface area (Å²) in [6.07, 6.45) is 19.4. The zero-order valence-corrected chi connectivity index (χ0v) is 25.0. The Bertz CT molecular complexity index is 1130. The molecule has 1 saturated heterocycles. The van der Waals surface area contributed by atoms with Crippen molar-refractivity contribution in [1.82, 2.24) is 4.57 Å². The van der Waals surface area contributed by atoms with Crippen molar-refractivity contribution in [3.8, 4) is 0 Å². The summed E-state index contributed by atoms with van der Waals surface area (Å²) in [6, 6.07) is 15.5. The number of aromatic nitrogens is 1. The van der Waals surface area contributed by atoms with Gasteiger partial charge in [0.25, 0.3) is 0 Å². The van der Waals surface area contributed by atoms with Crippen LogP contribution in [0.15, 0.2) is 42.5 Å². The number of hydrogen-bond donors (Lipinski definition) is 0. The minimum atomic E-state index is -0.344. The Hall–Kier alpha value is -1.78. The van der Waals surface area contributed by atoms with Crippen molar-refractivity contribution < 1.29 is 9.31 Å². The van der Waals surface area contributed by atoms with Crippen molar-refractivity contribution in [1.29, 1.82) is 0 Å². The van der Waals surface area contributed by atoms with Gasteiger partial charge in [0.1, 0.15) is 0 Å². The van der Waals surface area contributed by atoms with Crippen LogP contribution < -0.4 is 5.46 Å². The fourth-order valence-corrected chi connectivity index (χ4v) is 5.99. The Labute approximate surface area is 232 Å². The lowest BCUT2D eigenvalue weighted by molar-refractivity contribution is 0.00578. The maximum atomic E-state index is 6.50. The van der Waals surface area contributed by atoms with Crippen LogP contribution in [0.25, 0.3) is 21.8 Å². The molecule has 0 N–H and O–H groups in total. The molecular weight excluding hydrogens is 465 g/mol. The molecule has 0 bridgehead atoms. The molecule has 1 aliphatic heterocycles. The molecule has 0 aliphatic carbocycles. The summed E-state index contributed by atoms with van der Waals surface area (Å²) in [7, 11) is -0.344. The molecule has 2 aromatic carbocycles. The molecule has 2 heterocycles. The van der Waals surface area contributed by atoms with Crippen LogP contribution in [-0.2, 0) is 15.9 Å². The van der Waals surface area contributed by atoms with E-state index in [0.29, 0.717) is 0 Å². The van der Waals surface area contributed by atoms with Gasteiger partial charge in [-0.25, -0.2) is 0 Å². The van der Waals surface area contributed by atoms with Gasteiger partial charge in [-0.15, -0.1) is 0 Å². The first-order valence-electron chi connectivity index (χ1n) is 15.7. The van der Waals surface area contributed by atoms with Gasteiger partial charge in [0.05, 0.1) is 11.2 Å². The van der Waals surface area contributed by atoms with Gasteiger partial charge in [-0.2, -0.15) is 0 Å². The highest BCUT2D eigenvalue weighted by molar-refractivity contribution is 6.65. The highest BCUT2D eigenvalue weighted by Crippen LogP contribution is 2.38. The molecule has 0 radical (unpaired) electrons. The van der Waals surface area contributed by atoms with Crippen LogP contribution in [0.4, 0.5) is 0 Å². The molecule has 0 amide bonds. The third-order valence-electron chi connectivity index (χ3n) is 9.06. The average Bonchev–Trinajstić information content (AvgIpc) is 3.33. The largest absolute Gasteiger partial charge is 0.497 e. The van der Waals surface area contributed by atoms with Gasteiger partial charge in [-0.05, 0) is 40.2 Å². The Morgan fingerprint density at radius 1 is 0.605 bits per heavy atom. The van der Waals surface area contributed by atoms with E-state index < -0.39 is 0 Å². The first-order valence-corrected chi connectivity index (χ1v) is 15.7. The fraction of sp³-hybridized carbons (Fsp3) is 0.647. The number of para-hydroxylation sites is 2. The second-order valence-corrected chi connectivity index (χ2v) is 12.6. The summed E-state index contributed by atoms with van der Waals surface area (Å²) in [5, 5.41) is 2.63. The Kier molecular flexibility index (Phi) is 10.4. The Morgan fingerprint density at radius 2 is 1.11 bits per heavy atom. The molecule has 1 fully saturated rings. The van der Waals surface area contributed by atoms with E-state index in [1.807, 2.05) is 0 Å². The van der Waals surface area contributed by atoms with Crippen molar-refractivity contribution >= 4 is 34.4 Å². The predicted molar refractivity (Wildman–Crippen MR) is 165 cm³/mol. The monoisotopic (exact) mass is 517 g/mol. The van der Waals surface area contributed by atoms with Crippen LogP contribution in [0, 0.1) is 0 Å². The van der Waals surface area contributed by atoms with E-state index in [1.165, 1.54) is 112 Å². The van der Waals surface area contributed by atoms with Crippen molar-refractivity contribution in [2.24, 2.45) is 0 Å². The molecule has 1 aliphatic rings. The topological polar surface area (TPSA) is 23.4 Å². The first-order chi connectivity index (χ1) is 18.4. The van der Waals surface area contributed by atoms with Crippen LogP contribution in [0.5, 0.6) is 0 Å². The number of aryl methyl sites for hydroxylation is 1. The lowest BCUT2D eigenvalue weighted by Crippen LogP contribution is -2.41. The second-order valence-electron chi connectivity index (χ2n) is 12.6. The lowest BCUT2D eigenvalue weighted by Gasteiger charge is -2.32. The van der Waals surface area contributed by atoms with E-state index in [1.54, 1.807) is 0 Å². The summed E-state index contributed by atoms with van der Waals surface area (Å²) in [6.45, 7) is 11.9. The van der Waals surface area contributed by atoms with Gasteiger partial charge in [0.2, 0.25) is 0 Å². The Morgan fingerprint density at radius 3 is 1.68 bits per heavy atom. The van der Waals surface area contributed by atoms with Crippen LogP contribution in [-0.4, -0.2) is 22.9 Å². The SMILES string of the molecule is CCCCCCCCCCCCCCCCn1c2ccccc2c2cccc(B3OC(C)(C)C(C)(C)O3)c21. The molecule has 208 valence electrons.